The summed E-state index contributed by atoms with van der Waals surface area (Å²) in [6, 6.07) is 4.62. The second-order valence-corrected chi connectivity index (χ2v) is 9.52. The molecule has 3 rings (SSSR count). The van der Waals surface area contributed by atoms with Crippen molar-refractivity contribution < 1.29 is 8.42 Å². The number of hydrogen-bond acceptors (Lipinski definition) is 5. The standard InChI is InChI=1S/C19H23Cl2N5O2S/c1-4-16-24-17-18(11(2)12(3)23-19(17)22)26(16)8-5-9-29(27,28)25-15-7-6-13(20)10-14(15)21/h6-7,10,25H,4-5,8-9H2,1-3H3,(H2,22,23). The van der Waals surface area contributed by atoms with Crippen LogP contribution in [-0.2, 0) is 23.0 Å². The highest BCUT2D eigenvalue weighted by Gasteiger charge is 2.18. The van der Waals surface area contributed by atoms with Gasteiger partial charge in [-0.25, -0.2) is 18.4 Å². The summed E-state index contributed by atoms with van der Waals surface area (Å²) in [4.78, 5) is 8.96. The third kappa shape index (κ3) is 4.60. The Bertz CT molecular complexity index is 1180. The molecule has 0 atom stereocenters. The molecule has 2 aromatic heterocycles. The van der Waals surface area contributed by atoms with E-state index in [-0.39, 0.29) is 10.8 Å². The number of benzene rings is 1. The predicted molar refractivity (Wildman–Crippen MR) is 119 cm³/mol. The molecule has 3 aromatic rings. The number of aryl methyl sites for hydroxylation is 4. The summed E-state index contributed by atoms with van der Waals surface area (Å²) in [7, 11) is -3.57. The minimum atomic E-state index is -3.57. The molecule has 0 aliphatic rings. The van der Waals surface area contributed by atoms with Gasteiger partial charge in [0.05, 0.1) is 22.0 Å². The zero-order chi connectivity index (χ0) is 21.3. The third-order valence-electron chi connectivity index (χ3n) is 4.78. The number of nitrogens with two attached hydrogens (primary N) is 1. The Morgan fingerprint density at radius 1 is 1.21 bits per heavy atom. The van der Waals surface area contributed by atoms with Gasteiger partial charge in [0.25, 0.3) is 0 Å². The fourth-order valence-electron chi connectivity index (χ4n) is 3.26. The second-order valence-electron chi connectivity index (χ2n) is 6.84. The minimum absolute atomic E-state index is 0.0621. The Morgan fingerprint density at radius 3 is 2.59 bits per heavy atom. The van der Waals surface area contributed by atoms with Gasteiger partial charge in [-0.1, -0.05) is 30.1 Å². The number of rotatable bonds is 7. The number of nitrogen functional groups attached to an aromatic ring is 1. The summed E-state index contributed by atoms with van der Waals surface area (Å²) in [5.74, 6) is 1.18. The van der Waals surface area contributed by atoms with E-state index in [0.29, 0.717) is 41.4 Å². The molecule has 0 amide bonds. The predicted octanol–water partition coefficient (Wildman–Crippen LogP) is 4.33. The molecule has 0 spiro atoms. The molecular formula is C19H23Cl2N5O2S. The number of aromatic nitrogens is 3. The number of pyridine rings is 1. The van der Waals surface area contributed by atoms with Gasteiger partial charge in [0, 0.05) is 23.7 Å². The summed E-state index contributed by atoms with van der Waals surface area (Å²) >= 11 is 11.9. The molecule has 0 aliphatic carbocycles. The summed E-state index contributed by atoms with van der Waals surface area (Å²) in [6.07, 6.45) is 1.11. The van der Waals surface area contributed by atoms with Crippen molar-refractivity contribution in [3.63, 3.8) is 0 Å². The zero-order valence-electron chi connectivity index (χ0n) is 16.5. The average Bonchev–Trinajstić information content (AvgIpc) is 3.01. The van der Waals surface area contributed by atoms with Gasteiger partial charge >= 0.3 is 0 Å². The van der Waals surface area contributed by atoms with Crippen LogP contribution in [-0.4, -0.2) is 28.7 Å². The zero-order valence-corrected chi connectivity index (χ0v) is 18.8. The smallest absolute Gasteiger partial charge is 0.232 e. The molecule has 2 heterocycles. The van der Waals surface area contributed by atoms with Crippen molar-refractivity contribution in [1.82, 2.24) is 14.5 Å². The van der Waals surface area contributed by atoms with Crippen LogP contribution in [0.15, 0.2) is 18.2 Å². The quantitative estimate of drug-likeness (QED) is 0.551. The number of nitrogens with one attached hydrogen (secondary N) is 1. The Hall–Kier alpha value is -2.03. The Morgan fingerprint density at radius 2 is 1.93 bits per heavy atom. The van der Waals surface area contributed by atoms with Crippen molar-refractivity contribution >= 4 is 55.8 Å². The van der Waals surface area contributed by atoms with E-state index in [2.05, 4.69) is 14.7 Å². The molecular weight excluding hydrogens is 433 g/mol. The van der Waals surface area contributed by atoms with Crippen molar-refractivity contribution in [3.8, 4) is 0 Å². The molecule has 29 heavy (non-hydrogen) atoms. The lowest BCUT2D eigenvalue weighted by Crippen LogP contribution is -2.18. The van der Waals surface area contributed by atoms with E-state index in [0.717, 1.165) is 22.6 Å². The van der Waals surface area contributed by atoms with Crippen molar-refractivity contribution in [1.29, 1.82) is 0 Å². The number of nitrogens with zero attached hydrogens (tertiary/aromatic N) is 3. The van der Waals surface area contributed by atoms with Crippen molar-refractivity contribution in [2.75, 3.05) is 16.2 Å². The lowest BCUT2D eigenvalue weighted by Gasteiger charge is -2.13. The number of halogens is 2. The fraction of sp³-hybridized carbons (Fsp3) is 0.368. The number of hydrogen-bond donors (Lipinski definition) is 2. The number of anilines is 2. The average molecular weight is 456 g/mol. The first kappa shape index (κ1) is 21.7. The summed E-state index contributed by atoms with van der Waals surface area (Å²) in [5, 5.41) is 0.695. The maximum Gasteiger partial charge on any atom is 0.232 e. The highest BCUT2D eigenvalue weighted by Crippen LogP contribution is 2.28. The van der Waals surface area contributed by atoms with Crippen molar-refractivity contribution in [2.45, 2.75) is 40.2 Å². The Balaban J connectivity index is 1.80. The van der Waals surface area contributed by atoms with Gasteiger partial charge in [-0.15, -0.1) is 0 Å². The van der Waals surface area contributed by atoms with Gasteiger partial charge in [0.2, 0.25) is 10.0 Å². The molecule has 1 aromatic carbocycles. The second kappa shape index (κ2) is 8.38. The van der Waals surface area contributed by atoms with Crippen LogP contribution in [0.3, 0.4) is 0 Å². The Labute approximate surface area is 180 Å². The van der Waals surface area contributed by atoms with E-state index in [4.69, 9.17) is 28.9 Å². The normalized spacial score (nSPS) is 11.9. The molecule has 0 unspecified atom stereocenters. The van der Waals surface area contributed by atoms with E-state index >= 15 is 0 Å². The lowest BCUT2D eigenvalue weighted by molar-refractivity contribution is 0.590. The molecule has 0 fully saturated rings. The van der Waals surface area contributed by atoms with E-state index in [1.54, 1.807) is 12.1 Å². The van der Waals surface area contributed by atoms with Gasteiger partial charge in [0.1, 0.15) is 11.3 Å². The fourth-order valence-corrected chi connectivity index (χ4v) is 4.90. The van der Waals surface area contributed by atoms with E-state index < -0.39 is 10.0 Å². The minimum Gasteiger partial charge on any atom is -0.382 e. The van der Waals surface area contributed by atoms with E-state index in [1.807, 2.05) is 25.3 Å². The molecule has 7 nitrogen and oxygen atoms in total. The molecule has 156 valence electrons. The summed E-state index contributed by atoms with van der Waals surface area (Å²) in [6.45, 7) is 6.38. The van der Waals surface area contributed by atoms with Gasteiger partial charge in [-0.3, -0.25) is 4.72 Å². The maximum absolute atomic E-state index is 12.5. The third-order valence-corrected chi connectivity index (χ3v) is 6.69. The lowest BCUT2D eigenvalue weighted by atomic mass is 10.2. The first-order valence-electron chi connectivity index (χ1n) is 9.20. The van der Waals surface area contributed by atoms with Crippen molar-refractivity contribution in [3.05, 3.63) is 45.3 Å². The van der Waals surface area contributed by atoms with Crippen molar-refractivity contribution in [2.24, 2.45) is 0 Å². The monoisotopic (exact) mass is 455 g/mol. The summed E-state index contributed by atoms with van der Waals surface area (Å²) in [5.41, 5.74) is 9.78. The number of sulfonamides is 1. The van der Waals surface area contributed by atoms with Gasteiger partial charge in [-0.2, -0.15) is 0 Å². The molecule has 10 heteroatoms. The van der Waals surface area contributed by atoms with Crippen LogP contribution in [0.4, 0.5) is 11.5 Å². The molecule has 0 saturated heterocycles. The van der Waals surface area contributed by atoms with Gasteiger partial charge < -0.3 is 10.3 Å². The van der Waals surface area contributed by atoms with Gasteiger partial charge in [-0.05, 0) is 44.0 Å². The van der Waals surface area contributed by atoms with E-state index in [1.165, 1.54) is 6.07 Å². The topological polar surface area (TPSA) is 103 Å². The highest BCUT2D eigenvalue weighted by atomic mass is 35.5. The number of fused-ring (bicyclic) bond motifs is 1. The number of imidazole rings is 1. The van der Waals surface area contributed by atoms with Crippen LogP contribution < -0.4 is 10.5 Å². The van der Waals surface area contributed by atoms with Crippen LogP contribution in [0.1, 0.15) is 30.4 Å². The highest BCUT2D eigenvalue weighted by molar-refractivity contribution is 7.92. The van der Waals surface area contributed by atoms with Gasteiger partial charge in [0.15, 0.2) is 5.82 Å². The largest absolute Gasteiger partial charge is 0.382 e. The Kier molecular flexibility index (Phi) is 6.26. The molecule has 0 radical (unpaired) electrons. The van der Waals surface area contributed by atoms with Crippen LogP contribution in [0.2, 0.25) is 10.0 Å². The molecule has 0 aliphatic heterocycles. The first-order chi connectivity index (χ1) is 13.6. The van der Waals surface area contributed by atoms with Crippen LogP contribution >= 0.6 is 23.2 Å². The van der Waals surface area contributed by atoms with Crippen LogP contribution in [0.5, 0.6) is 0 Å². The van der Waals surface area contributed by atoms with E-state index in [9.17, 15) is 8.42 Å². The summed E-state index contributed by atoms with van der Waals surface area (Å²) < 4.78 is 29.6. The molecule has 3 N–H and O–H groups in total. The molecule has 0 bridgehead atoms. The SMILES string of the molecule is CCc1nc2c(N)nc(C)c(C)c2n1CCCS(=O)(=O)Nc1ccc(Cl)cc1Cl. The molecule has 0 saturated carbocycles. The van der Waals surface area contributed by atoms with Crippen LogP contribution in [0, 0.1) is 13.8 Å². The maximum atomic E-state index is 12.5. The first-order valence-corrected chi connectivity index (χ1v) is 11.6. The van der Waals surface area contributed by atoms with Crippen LogP contribution in [0.25, 0.3) is 11.0 Å².